The average molecular weight is 237 g/mol. The minimum atomic E-state index is -1.08. The van der Waals surface area contributed by atoms with E-state index in [1.807, 2.05) is 0 Å². The lowest BCUT2D eigenvalue weighted by Gasteiger charge is -2.17. The van der Waals surface area contributed by atoms with Crippen molar-refractivity contribution in [3.63, 3.8) is 0 Å². The summed E-state index contributed by atoms with van der Waals surface area (Å²) in [7, 11) is 0. The number of aliphatic hydroxyl groups excluding tert-OH is 2. The van der Waals surface area contributed by atoms with Crippen molar-refractivity contribution in [2.24, 2.45) is 5.11 Å². The van der Waals surface area contributed by atoms with Crippen LogP contribution in [-0.4, -0.2) is 27.8 Å². The molecular weight excluding hydrogens is 222 g/mol. The second-order valence-corrected chi connectivity index (χ2v) is 3.70. The van der Waals surface area contributed by atoms with E-state index in [0.29, 0.717) is 16.9 Å². The lowest BCUT2D eigenvalue weighted by Crippen LogP contribution is -2.19. The Morgan fingerprint density at radius 3 is 2.88 bits per heavy atom. The van der Waals surface area contributed by atoms with E-state index >= 15 is 0 Å². The lowest BCUT2D eigenvalue weighted by atomic mass is 10.0. The van der Waals surface area contributed by atoms with Crippen molar-refractivity contribution in [2.75, 3.05) is 12.3 Å². The topological polar surface area (TPSA) is 128 Å². The SMILES string of the molecule is Cc1ncc(C(O)C(O)CCN=[N+]=[N-])cc1N. The number of aryl methyl sites for hydroxylation is 1. The number of hydrogen-bond acceptors (Lipinski definition) is 5. The zero-order valence-corrected chi connectivity index (χ0v) is 9.48. The molecule has 0 saturated carbocycles. The van der Waals surface area contributed by atoms with Crippen molar-refractivity contribution < 1.29 is 10.2 Å². The summed E-state index contributed by atoms with van der Waals surface area (Å²) in [4.78, 5) is 6.57. The largest absolute Gasteiger partial charge is 0.397 e. The number of hydrogen-bond donors (Lipinski definition) is 3. The van der Waals surface area contributed by atoms with Crippen molar-refractivity contribution in [1.29, 1.82) is 0 Å². The predicted molar refractivity (Wildman–Crippen MR) is 63.0 cm³/mol. The highest BCUT2D eigenvalue weighted by Crippen LogP contribution is 2.21. The molecule has 7 heteroatoms. The van der Waals surface area contributed by atoms with Gasteiger partial charge in [0, 0.05) is 23.2 Å². The van der Waals surface area contributed by atoms with Gasteiger partial charge in [0.2, 0.25) is 0 Å². The van der Waals surface area contributed by atoms with Gasteiger partial charge in [-0.3, -0.25) is 4.98 Å². The normalized spacial score (nSPS) is 13.8. The molecule has 2 atom stereocenters. The molecule has 0 aliphatic heterocycles. The van der Waals surface area contributed by atoms with Gasteiger partial charge >= 0.3 is 0 Å². The average Bonchev–Trinajstić information content (AvgIpc) is 2.32. The number of anilines is 1. The number of aromatic nitrogens is 1. The second kappa shape index (κ2) is 6.05. The molecule has 0 fully saturated rings. The van der Waals surface area contributed by atoms with Gasteiger partial charge in [-0.1, -0.05) is 5.11 Å². The first-order valence-electron chi connectivity index (χ1n) is 5.15. The van der Waals surface area contributed by atoms with Crippen molar-refractivity contribution in [3.8, 4) is 0 Å². The molecule has 1 rings (SSSR count). The van der Waals surface area contributed by atoms with Crippen LogP contribution in [0.5, 0.6) is 0 Å². The second-order valence-electron chi connectivity index (χ2n) is 3.70. The van der Waals surface area contributed by atoms with Gasteiger partial charge in [0.15, 0.2) is 0 Å². The van der Waals surface area contributed by atoms with Crippen molar-refractivity contribution in [2.45, 2.75) is 25.6 Å². The fraction of sp³-hybridized carbons (Fsp3) is 0.500. The van der Waals surface area contributed by atoms with E-state index in [9.17, 15) is 10.2 Å². The molecule has 0 aromatic carbocycles. The van der Waals surface area contributed by atoms with Crippen LogP contribution in [0.3, 0.4) is 0 Å². The first-order chi connectivity index (χ1) is 8.06. The number of nitrogens with zero attached hydrogens (tertiary/aromatic N) is 4. The maximum absolute atomic E-state index is 9.82. The van der Waals surface area contributed by atoms with Crippen molar-refractivity contribution >= 4 is 5.69 Å². The van der Waals surface area contributed by atoms with Gasteiger partial charge in [0.1, 0.15) is 6.10 Å². The molecular formula is C10H15N5O2. The number of rotatable bonds is 5. The van der Waals surface area contributed by atoms with Gasteiger partial charge in [-0.15, -0.1) is 0 Å². The van der Waals surface area contributed by atoms with Crippen LogP contribution in [0, 0.1) is 6.92 Å². The predicted octanol–water partition coefficient (Wildman–Crippen LogP) is 1.07. The first-order valence-corrected chi connectivity index (χ1v) is 5.15. The Labute approximate surface area is 98.5 Å². The molecule has 1 heterocycles. The van der Waals surface area contributed by atoms with Gasteiger partial charge in [0.25, 0.3) is 0 Å². The van der Waals surface area contributed by atoms with E-state index in [4.69, 9.17) is 11.3 Å². The van der Waals surface area contributed by atoms with E-state index in [1.54, 1.807) is 13.0 Å². The molecule has 0 aliphatic carbocycles. The van der Waals surface area contributed by atoms with Crippen molar-refractivity contribution in [1.82, 2.24) is 4.98 Å². The summed E-state index contributed by atoms with van der Waals surface area (Å²) in [5.74, 6) is 0. The summed E-state index contributed by atoms with van der Waals surface area (Å²) in [5, 5.41) is 22.8. The highest BCUT2D eigenvalue weighted by Gasteiger charge is 2.18. The molecule has 1 aromatic heterocycles. The van der Waals surface area contributed by atoms with E-state index in [1.165, 1.54) is 6.20 Å². The number of nitrogens with two attached hydrogens (primary N) is 1. The number of azide groups is 1. The summed E-state index contributed by atoms with van der Waals surface area (Å²) in [6.45, 7) is 1.88. The molecule has 0 bridgehead atoms. The number of pyridine rings is 1. The third kappa shape index (κ3) is 3.60. The number of nitrogen functional groups attached to an aromatic ring is 1. The molecule has 0 aliphatic rings. The highest BCUT2D eigenvalue weighted by molar-refractivity contribution is 5.44. The van der Waals surface area contributed by atoms with Crippen LogP contribution in [0.15, 0.2) is 17.4 Å². The zero-order chi connectivity index (χ0) is 12.8. The Bertz CT molecular complexity index is 431. The highest BCUT2D eigenvalue weighted by atomic mass is 16.3. The van der Waals surface area contributed by atoms with Gasteiger partial charge in [-0.2, -0.15) is 0 Å². The molecule has 1 aromatic rings. The maximum atomic E-state index is 9.82. The zero-order valence-electron chi connectivity index (χ0n) is 9.48. The Morgan fingerprint density at radius 2 is 2.29 bits per heavy atom. The molecule has 2 unspecified atom stereocenters. The third-order valence-corrected chi connectivity index (χ3v) is 2.44. The van der Waals surface area contributed by atoms with Crippen LogP contribution < -0.4 is 5.73 Å². The summed E-state index contributed by atoms with van der Waals surface area (Å²) in [6, 6.07) is 1.57. The van der Waals surface area contributed by atoms with Crippen LogP contribution in [0.25, 0.3) is 10.4 Å². The van der Waals surface area contributed by atoms with Gasteiger partial charge < -0.3 is 15.9 Å². The molecule has 92 valence electrons. The molecule has 7 nitrogen and oxygen atoms in total. The molecule has 0 spiro atoms. The molecule has 17 heavy (non-hydrogen) atoms. The summed E-state index contributed by atoms with van der Waals surface area (Å²) in [6.07, 6.45) is -0.449. The lowest BCUT2D eigenvalue weighted by molar-refractivity contribution is 0.0149. The summed E-state index contributed by atoms with van der Waals surface area (Å²) in [5.41, 5.74) is 15.3. The standard InChI is InChI=1S/C10H15N5O2/c1-6-8(11)4-7(5-13-6)10(17)9(16)2-3-14-15-12/h4-5,9-10,16-17H,2-3,11H2,1H3. The summed E-state index contributed by atoms with van der Waals surface area (Å²) >= 11 is 0. The van der Waals surface area contributed by atoms with E-state index in [2.05, 4.69) is 15.0 Å². The number of aliphatic hydroxyl groups is 2. The Balaban J connectivity index is 2.70. The fourth-order valence-corrected chi connectivity index (χ4v) is 1.34. The Hall–Kier alpha value is -1.82. The van der Waals surface area contributed by atoms with E-state index in [-0.39, 0.29) is 13.0 Å². The monoisotopic (exact) mass is 237 g/mol. The van der Waals surface area contributed by atoms with Crippen LogP contribution in [0.4, 0.5) is 5.69 Å². The van der Waals surface area contributed by atoms with Gasteiger partial charge in [0.05, 0.1) is 17.5 Å². The van der Waals surface area contributed by atoms with Crippen LogP contribution in [0.2, 0.25) is 0 Å². The van der Waals surface area contributed by atoms with Gasteiger partial charge in [-0.25, -0.2) is 0 Å². The quantitative estimate of drug-likeness (QED) is 0.402. The molecule has 0 amide bonds. The molecule has 0 radical (unpaired) electrons. The smallest absolute Gasteiger partial charge is 0.106 e. The van der Waals surface area contributed by atoms with Crippen LogP contribution in [0.1, 0.15) is 23.8 Å². The molecule has 4 N–H and O–H groups in total. The van der Waals surface area contributed by atoms with E-state index in [0.717, 1.165) is 0 Å². The van der Waals surface area contributed by atoms with Crippen LogP contribution in [-0.2, 0) is 0 Å². The third-order valence-electron chi connectivity index (χ3n) is 2.44. The fourth-order valence-electron chi connectivity index (χ4n) is 1.34. The minimum absolute atomic E-state index is 0.128. The van der Waals surface area contributed by atoms with Crippen molar-refractivity contribution in [3.05, 3.63) is 34.0 Å². The maximum Gasteiger partial charge on any atom is 0.106 e. The first kappa shape index (κ1) is 13.2. The van der Waals surface area contributed by atoms with E-state index < -0.39 is 12.2 Å². The Kier molecular flexibility index (Phi) is 4.71. The Morgan fingerprint density at radius 1 is 1.59 bits per heavy atom. The van der Waals surface area contributed by atoms with Crippen LogP contribution >= 0.6 is 0 Å². The summed E-state index contributed by atoms with van der Waals surface area (Å²) < 4.78 is 0. The minimum Gasteiger partial charge on any atom is -0.397 e. The molecule has 0 saturated heterocycles. The van der Waals surface area contributed by atoms with Gasteiger partial charge in [-0.05, 0) is 24.9 Å².